The number of nitrogens with one attached hydrogen (secondary N) is 1. The molecule has 4 rings (SSSR count). The van der Waals surface area contributed by atoms with E-state index in [9.17, 15) is 9.59 Å². The Bertz CT molecular complexity index is 678. The van der Waals surface area contributed by atoms with Crippen molar-refractivity contribution in [2.75, 3.05) is 40.3 Å². The van der Waals surface area contributed by atoms with Crippen molar-refractivity contribution < 1.29 is 19.5 Å². The number of likely N-dealkylation sites (tertiary alicyclic amines) is 2. The van der Waals surface area contributed by atoms with E-state index in [0.717, 1.165) is 45.7 Å². The molecule has 2 aliphatic carbocycles. The first kappa shape index (κ1) is 26.9. The molecule has 9 nitrogen and oxygen atoms in total. The summed E-state index contributed by atoms with van der Waals surface area (Å²) < 4.78 is 0. The van der Waals surface area contributed by atoms with Crippen LogP contribution in [-0.4, -0.2) is 90.1 Å². The predicted octanol–water partition coefficient (Wildman–Crippen LogP) is 2.52. The highest BCUT2D eigenvalue weighted by Crippen LogP contribution is 2.38. The predicted molar refractivity (Wildman–Crippen MR) is 125 cm³/mol. The van der Waals surface area contributed by atoms with Crippen molar-refractivity contribution in [2.45, 2.75) is 76.8 Å². The molecule has 0 aromatic rings. The quantitative estimate of drug-likeness (QED) is 0.664. The lowest BCUT2D eigenvalue weighted by Crippen LogP contribution is -2.43. The molecule has 33 heavy (non-hydrogen) atoms. The molecule has 0 bridgehead atoms. The van der Waals surface area contributed by atoms with Gasteiger partial charge >= 0.3 is 6.03 Å². The zero-order chi connectivity index (χ0) is 24.4. The standard InChI is InChI=1S/C17H27N5O2.C5H10.C2H4O2/c1-20(2)17(24)21-10-12-6-14(7-13(12)11-21)19-9-16(23)22-5-3-4-15(22)8-18;1-2-4-5-3-1;1-2(3)4/h12-15,19H,3-7,9-11H2,1-2H3;1-5H2;1H3,(H,3,4)/t12-,13+,14?,15?;;. The maximum absolute atomic E-state index is 12.3. The minimum absolute atomic E-state index is 0.0421. The van der Waals surface area contributed by atoms with Gasteiger partial charge in [-0.05, 0) is 37.5 Å². The summed E-state index contributed by atoms with van der Waals surface area (Å²) in [6.45, 7) is 3.77. The normalized spacial score (nSPS) is 27.6. The van der Waals surface area contributed by atoms with E-state index in [1.807, 2.05) is 4.90 Å². The molecule has 2 saturated heterocycles. The highest BCUT2D eigenvalue weighted by atomic mass is 16.4. The molecule has 4 atom stereocenters. The number of rotatable bonds is 3. The van der Waals surface area contributed by atoms with Crippen molar-refractivity contribution in [2.24, 2.45) is 11.8 Å². The summed E-state index contributed by atoms with van der Waals surface area (Å²) in [4.78, 5) is 38.6. The Morgan fingerprint density at radius 2 is 1.55 bits per heavy atom. The molecule has 4 aliphatic rings. The third-order valence-electron chi connectivity index (χ3n) is 6.92. The minimum Gasteiger partial charge on any atom is -0.481 e. The summed E-state index contributed by atoms with van der Waals surface area (Å²) in [5.74, 6) is 0.292. The average molecular weight is 464 g/mol. The highest BCUT2D eigenvalue weighted by molar-refractivity contribution is 5.79. The van der Waals surface area contributed by atoms with E-state index in [4.69, 9.17) is 15.2 Å². The maximum atomic E-state index is 12.3. The molecule has 186 valence electrons. The van der Waals surface area contributed by atoms with Crippen LogP contribution in [0.15, 0.2) is 0 Å². The Kier molecular flexibility index (Phi) is 10.9. The molecule has 0 radical (unpaired) electrons. The van der Waals surface area contributed by atoms with Crippen molar-refractivity contribution in [1.29, 1.82) is 5.26 Å². The second kappa shape index (κ2) is 13.4. The lowest BCUT2D eigenvalue weighted by Gasteiger charge is -2.24. The number of carboxylic acid groups (broad SMARTS) is 1. The monoisotopic (exact) mass is 463 g/mol. The van der Waals surface area contributed by atoms with Crippen molar-refractivity contribution in [3.05, 3.63) is 0 Å². The van der Waals surface area contributed by atoms with Gasteiger partial charge in [0.15, 0.2) is 0 Å². The Morgan fingerprint density at radius 3 is 2.00 bits per heavy atom. The smallest absolute Gasteiger partial charge is 0.319 e. The van der Waals surface area contributed by atoms with E-state index in [1.54, 1.807) is 23.9 Å². The molecule has 0 aromatic carbocycles. The van der Waals surface area contributed by atoms with Gasteiger partial charge in [-0.2, -0.15) is 5.26 Å². The molecule has 2 saturated carbocycles. The Labute approximate surface area is 198 Å². The van der Waals surface area contributed by atoms with Gasteiger partial charge in [0.1, 0.15) is 6.04 Å². The van der Waals surface area contributed by atoms with Crippen molar-refractivity contribution in [3.8, 4) is 6.07 Å². The molecule has 2 N–H and O–H groups in total. The number of urea groups is 1. The van der Waals surface area contributed by atoms with E-state index in [2.05, 4.69) is 11.4 Å². The Hall–Kier alpha value is -2.34. The van der Waals surface area contributed by atoms with Gasteiger partial charge in [0.2, 0.25) is 5.91 Å². The summed E-state index contributed by atoms with van der Waals surface area (Å²) in [5, 5.41) is 19.9. The number of carbonyl (C=O) groups is 3. The van der Waals surface area contributed by atoms with Crippen LogP contribution in [-0.2, 0) is 9.59 Å². The van der Waals surface area contributed by atoms with Crippen LogP contribution in [0.1, 0.15) is 64.7 Å². The first-order chi connectivity index (χ1) is 15.7. The molecule has 2 unspecified atom stereocenters. The number of fused-ring (bicyclic) bond motifs is 1. The van der Waals surface area contributed by atoms with Gasteiger partial charge in [-0.15, -0.1) is 0 Å². The van der Waals surface area contributed by atoms with Gasteiger partial charge in [-0.25, -0.2) is 4.79 Å². The van der Waals surface area contributed by atoms with E-state index < -0.39 is 5.97 Å². The number of hydrogen-bond acceptors (Lipinski definition) is 5. The molecule has 9 heteroatoms. The number of amides is 3. The molecule has 2 heterocycles. The number of hydrogen-bond donors (Lipinski definition) is 2. The fourth-order valence-electron chi connectivity index (χ4n) is 5.32. The summed E-state index contributed by atoms with van der Waals surface area (Å²) in [6.07, 6.45) is 11.3. The average Bonchev–Trinajstić information content (AvgIpc) is 3.55. The largest absolute Gasteiger partial charge is 0.481 e. The highest BCUT2D eigenvalue weighted by Gasteiger charge is 2.42. The Balaban J connectivity index is 0.000000359. The van der Waals surface area contributed by atoms with E-state index in [-0.39, 0.29) is 18.0 Å². The van der Waals surface area contributed by atoms with Gasteiger partial charge in [-0.1, -0.05) is 32.1 Å². The van der Waals surface area contributed by atoms with Crippen LogP contribution in [0.4, 0.5) is 4.79 Å². The van der Waals surface area contributed by atoms with E-state index >= 15 is 0 Å². The lowest BCUT2D eigenvalue weighted by atomic mass is 10.0. The van der Waals surface area contributed by atoms with Gasteiger partial charge < -0.3 is 25.1 Å². The maximum Gasteiger partial charge on any atom is 0.319 e. The van der Waals surface area contributed by atoms with Crippen LogP contribution in [0.3, 0.4) is 0 Å². The van der Waals surface area contributed by atoms with Crippen molar-refractivity contribution in [3.63, 3.8) is 0 Å². The fourth-order valence-corrected chi connectivity index (χ4v) is 5.32. The molecule has 2 aliphatic heterocycles. The zero-order valence-corrected chi connectivity index (χ0v) is 20.5. The molecule has 0 aromatic heterocycles. The number of nitriles is 1. The van der Waals surface area contributed by atoms with E-state index in [0.29, 0.717) is 31.0 Å². The summed E-state index contributed by atoms with van der Waals surface area (Å²) in [6, 6.07) is 2.42. The number of carboxylic acids is 1. The summed E-state index contributed by atoms with van der Waals surface area (Å²) in [7, 11) is 3.58. The van der Waals surface area contributed by atoms with Crippen LogP contribution in [0.2, 0.25) is 0 Å². The third kappa shape index (κ3) is 8.50. The van der Waals surface area contributed by atoms with Crippen molar-refractivity contribution >= 4 is 17.9 Å². The van der Waals surface area contributed by atoms with Gasteiger partial charge in [0.05, 0.1) is 12.6 Å². The second-order valence-electron chi connectivity index (χ2n) is 9.81. The zero-order valence-electron chi connectivity index (χ0n) is 20.5. The number of aliphatic carboxylic acids is 1. The molecule has 4 fully saturated rings. The molecular weight excluding hydrogens is 422 g/mol. The first-order valence-corrected chi connectivity index (χ1v) is 12.3. The molecule has 0 spiro atoms. The first-order valence-electron chi connectivity index (χ1n) is 12.3. The van der Waals surface area contributed by atoms with Crippen LogP contribution in [0.5, 0.6) is 0 Å². The fraction of sp³-hybridized carbons (Fsp3) is 0.833. The SMILES string of the molecule is C1CCCC1.CC(=O)O.CN(C)C(=O)N1C[C@H]2CC(NCC(=O)N3CCCC3C#N)C[C@H]2C1. The number of nitrogens with zero attached hydrogens (tertiary/aromatic N) is 4. The van der Waals surface area contributed by atoms with E-state index in [1.165, 1.54) is 32.1 Å². The van der Waals surface area contributed by atoms with Crippen LogP contribution in [0.25, 0.3) is 0 Å². The summed E-state index contributed by atoms with van der Waals surface area (Å²) in [5.41, 5.74) is 0. The second-order valence-corrected chi connectivity index (χ2v) is 9.81. The van der Waals surface area contributed by atoms with Gasteiger partial charge in [0.25, 0.3) is 5.97 Å². The molecular formula is C24H41N5O4. The third-order valence-corrected chi connectivity index (χ3v) is 6.92. The lowest BCUT2D eigenvalue weighted by molar-refractivity contribution is -0.134. The molecule has 3 amide bonds. The number of carbonyl (C=O) groups excluding carboxylic acids is 2. The van der Waals surface area contributed by atoms with Crippen LogP contribution >= 0.6 is 0 Å². The van der Waals surface area contributed by atoms with Crippen LogP contribution in [0, 0.1) is 23.2 Å². The minimum atomic E-state index is -0.833. The van der Waals surface area contributed by atoms with Gasteiger partial charge in [0, 0.05) is 46.7 Å². The van der Waals surface area contributed by atoms with Crippen molar-refractivity contribution in [1.82, 2.24) is 20.0 Å². The Morgan fingerprint density at radius 1 is 1.03 bits per heavy atom. The topological polar surface area (TPSA) is 117 Å². The van der Waals surface area contributed by atoms with Crippen LogP contribution < -0.4 is 5.32 Å². The summed E-state index contributed by atoms with van der Waals surface area (Å²) >= 11 is 0. The van der Waals surface area contributed by atoms with Gasteiger partial charge in [-0.3, -0.25) is 9.59 Å².